The Morgan fingerprint density at radius 2 is 1.55 bits per heavy atom. The van der Waals surface area contributed by atoms with E-state index < -0.39 is 17.9 Å². The standard InChI is InChI=1S/C22H29N3O4/c1-4-15(5-2)19(26)23-16-10-12-24(13-11-16)20(27)14(3)25-21(28)17-8-6-7-9-18(17)22(25)29/h6-9,14-16H,4-5,10-13H2,1-3H3,(H,23,26). The molecule has 2 heterocycles. The smallest absolute Gasteiger partial charge is 0.262 e. The summed E-state index contributed by atoms with van der Waals surface area (Å²) in [5.41, 5.74) is 0.694. The number of hydrogen-bond donors (Lipinski definition) is 1. The fourth-order valence-electron chi connectivity index (χ4n) is 4.16. The van der Waals surface area contributed by atoms with Crippen LogP contribution in [-0.2, 0) is 9.59 Å². The van der Waals surface area contributed by atoms with Crippen LogP contribution < -0.4 is 5.32 Å². The minimum Gasteiger partial charge on any atom is -0.353 e. The summed E-state index contributed by atoms with van der Waals surface area (Å²) in [6.07, 6.45) is 2.98. The highest BCUT2D eigenvalue weighted by molar-refractivity contribution is 6.22. The Bertz CT molecular complexity index is 775. The predicted octanol–water partition coefficient (Wildman–Crippen LogP) is 2.21. The molecule has 0 bridgehead atoms. The third kappa shape index (κ3) is 4.04. The van der Waals surface area contributed by atoms with Gasteiger partial charge in [0.1, 0.15) is 6.04 Å². The van der Waals surface area contributed by atoms with E-state index >= 15 is 0 Å². The number of carbonyl (C=O) groups is 4. The van der Waals surface area contributed by atoms with Crippen LogP contribution in [0.5, 0.6) is 0 Å². The molecule has 1 saturated heterocycles. The molecule has 0 radical (unpaired) electrons. The number of rotatable bonds is 6. The number of likely N-dealkylation sites (tertiary alicyclic amines) is 1. The van der Waals surface area contributed by atoms with Gasteiger partial charge in [0.05, 0.1) is 11.1 Å². The summed E-state index contributed by atoms with van der Waals surface area (Å²) in [5.74, 6) is -0.954. The number of amides is 4. The third-order valence-electron chi connectivity index (χ3n) is 6.08. The van der Waals surface area contributed by atoms with Crippen LogP contribution in [0.3, 0.4) is 0 Å². The van der Waals surface area contributed by atoms with Gasteiger partial charge in [-0.2, -0.15) is 0 Å². The largest absolute Gasteiger partial charge is 0.353 e. The van der Waals surface area contributed by atoms with Gasteiger partial charge in [-0.05, 0) is 44.7 Å². The number of fused-ring (bicyclic) bond motifs is 1. The van der Waals surface area contributed by atoms with E-state index in [4.69, 9.17) is 0 Å². The molecule has 7 heteroatoms. The Hall–Kier alpha value is -2.70. The second kappa shape index (κ2) is 8.76. The van der Waals surface area contributed by atoms with Crippen LogP contribution in [0.2, 0.25) is 0 Å². The van der Waals surface area contributed by atoms with Crippen molar-refractivity contribution in [3.05, 3.63) is 35.4 Å². The van der Waals surface area contributed by atoms with Crippen molar-refractivity contribution in [3.8, 4) is 0 Å². The lowest BCUT2D eigenvalue weighted by molar-refractivity contribution is -0.136. The summed E-state index contributed by atoms with van der Waals surface area (Å²) in [4.78, 5) is 53.2. The Morgan fingerprint density at radius 1 is 1.03 bits per heavy atom. The Morgan fingerprint density at radius 3 is 2.03 bits per heavy atom. The fraction of sp³-hybridized carbons (Fsp3) is 0.545. The van der Waals surface area contributed by atoms with E-state index in [0.29, 0.717) is 37.1 Å². The first-order valence-electron chi connectivity index (χ1n) is 10.4. The second-order valence-corrected chi connectivity index (χ2v) is 7.82. The average Bonchev–Trinajstić information content (AvgIpc) is 2.99. The molecule has 3 rings (SSSR count). The lowest BCUT2D eigenvalue weighted by Crippen LogP contribution is -2.53. The van der Waals surface area contributed by atoms with E-state index in [-0.39, 0.29) is 23.8 Å². The molecule has 1 unspecified atom stereocenters. The highest BCUT2D eigenvalue weighted by atomic mass is 16.2. The van der Waals surface area contributed by atoms with Crippen molar-refractivity contribution >= 4 is 23.6 Å². The first-order valence-corrected chi connectivity index (χ1v) is 10.4. The van der Waals surface area contributed by atoms with Gasteiger partial charge < -0.3 is 10.2 Å². The number of imide groups is 1. The van der Waals surface area contributed by atoms with Gasteiger partial charge in [-0.15, -0.1) is 0 Å². The first kappa shape index (κ1) is 21.0. The summed E-state index contributed by atoms with van der Waals surface area (Å²) in [5, 5.41) is 3.10. The molecule has 29 heavy (non-hydrogen) atoms. The monoisotopic (exact) mass is 399 g/mol. The number of nitrogens with one attached hydrogen (secondary N) is 1. The summed E-state index contributed by atoms with van der Waals surface area (Å²) in [6.45, 7) is 6.62. The van der Waals surface area contributed by atoms with Crippen molar-refractivity contribution in [1.29, 1.82) is 0 Å². The van der Waals surface area contributed by atoms with E-state index in [0.717, 1.165) is 17.7 Å². The maximum absolute atomic E-state index is 12.9. The Balaban J connectivity index is 1.58. The quantitative estimate of drug-likeness (QED) is 0.743. The van der Waals surface area contributed by atoms with Crippen LogP contribution in [0.1, 0.15) is 67.2 Å². The van der Waals surface area contributed by atoms with E-state index in [2.05, 4.69) is 5.32 Å². The Labute approximate surface area is 171 Å². The number of hydrogen-bond acceptors (Lipinski definition) is 4. The Kier molecular flexibility index (Phi) is 6.35. The summed E-state index contributed by atoms with van der Waals surface area (Å²) in [6, 6.07) is 5.85. The molecule has 1 atom stereocenters. The zero-order valence-corrected chi connectivity index (χ0v) is 17.3. The van der Waals surface area contributed by atoms with Crippen LogP contribution >= 0.6 is 0 Å². The van der Waals surface area contributed by atoms with Gasteiger partial charge >= 0.3 is 0 Å². The summed E-state index contributed by atoms with van der Waals surface area (Å²) in [7, 11) is 0. The van der Waals surface area contributed by atoms with Crippen molar-refractivity contribution in [1.82, 2.24) is 15.1 Å². The molecular weight excluding hydrogens is 370 g/mol. The van der Waals surface area contributed by atoms with Crippen LogP contribution in [0.25, 0.3) is 0 Å². The zero-order chi connectivity index (χ0) is 21.1. The van der Waals surface area contributed by atoms with E-state index in [9.17, 15) is 19.2 Å². The van der Waals surface area contributed by atoms with Gasteiger partial charge in [0, 0.05) is 25.0 Å². The average molecular weight is 399 g/mol. The number of piperidine rings is 1. The molecule has 7 nitrogen and oxygen atoms in total. The van der Waals surface area contributed by atoms with Crippen LogP contribution in [0.15, 0.2) is 24.3 Å². The molecule has 1 aromatic carbocycles. The van der Waals surface area contributed by atoms with Crippen molar-refractivity contribution in [2.24, 2.45) is 5.92 Å². The fourth-order valence-corrected chi connectivity index (χ4v) is 4.16. The summed E-state index contributed by atoms with van der Waals surface area (Å²) >= 11 is 0. The molecule has 0 spiro atoms. The maximum Gasteiger partial charge on any atom is 0.262 e. The highest BCUT2D eigenvalue weighted by Crippen LogP contribution is 2.25. The second-order valence-electron chi connectivity index (χ2n) is 7.82. The van der Waals surface area contributed by atoms with Gasteiger partial charge in [0.25, 0.3) is 11.8 Å². The SMILES string of the molecule is CCC(CC)C(=O)NC1CCN(C(=O)C(C)N2C(=O)c3ccccc3C2=O)CC1. The molecule has 2 aliphatic heterocycles. The van der Waals surface area contributed by atoms with E-state index in [1.165, 1.54) is 0 Å². The normalized spacial score (nSPS) is 18.2. The molecule has 1 N–H and O–H groups in total. The number of nitrogens with zero attached hydrogens (tertiary/aromatic N) is 2. The van der Waals surface area contributed by atoms with Crippen LogP contribution in [0, 0.1) is 5.92 Å². The van der Waals surface area contributed by atoms with E-state index in [1.54, 1.807) is 36.1 Å². The minimum absolute atomic E-state index is 0.0310. The molecule has 4 amide bonds. The molecular formula is C22H29N3O4. The van der Waals surface area contributed by atoms with Gasteiger partial charge in [0.2, 0.25) is 11.8 Å². The van der Waals surface area contributed by atoms with Gasteiger partial charge in [0.15, 0.2) is 0 Å². The van der Waals surface area contributed by atoms with Crippen molar-refractivity contribution in [2.45, 2.75) is 58.5 Å². The zero-order valence-electron chi connectivity index (χ0n) is 17.3. The van der Waals surface area contributed by atoms with Crippen LogP contribution in [-0.4, -0.2) is 58.6 Å². The van der Waals surface area contributed by atoms with Gasteiger partial charge in [-0.3, -0.25) is 24.1 Å². The molecule has 1 aromatic rings. The topological polar surface area (TPSA) is 86.8 Å². The molecule has 2 aliphatic rings. The molecule has 1 fully saturated rings. The first-order chi connectivity index (χ1) is 13.9. The summed E-state index contributed by atoms with van der Waals surface area (Å²) < 4.78 is 0. The third-order valence-corrected chi connectivity index (χ3v) is 6.08. The van der Waals surface area contributed by atoms with Crippen molar-refractivity contribution in [2.75, 3.05) is 13.1 Å². The highest BCUT2D eigenvalue weighted by Gasteiger charge is 2.42. The van der Waals surface area contributed by atoms with Crippen LogP contribution in [0.4, 0.5) is 0 Å². The molecule has 0 aliphatic carbocycles. The molecule has 156 valence electrons. The van der Waals surface area contributed by atoms with E-state index in [1.807, 2.05) is 13.8 Å². The van der Waals surface area contributed by atoms with Crippen molar-refractivity contribution in [3.63, 3.8) is 0 Å². The van der Waals surface area contributed by atoms with Gasteiger partial charge in [-0.1, -0.05) is 26.0 Å². The molecule has 0 saturated carbocycles. The maximum atomic E-state index is 12.9. The number of carbonyl (C=O) groups excluding carboxylic acids is 4. The lowest BCUT2D eigenvalue weighted by Gasteiger charge is -2.35. The van der Waals surface area contributed by atoms with Gasteiger partial charge in [-0.25, -0.2) is 0 Å². The minimum atomic E-state index is -0.849. The lowest BCUT2D eigenvalue weighted by atomic mass is 9.99. The van der Waals surface area contributed by atoms with Crippen molar-refractivity contribution < 1.29 is 19.2 Å². The predicted molar refractivity (Wildman–Crippen MR) is 108 cm³/mol. The molecule has 0 aromatic heterocycles. The number of benzene rings is 1.